The number of halogens is 3. The monoisotopic (exact) mass is 181 g/mol. The van der Waals surface area contributed by atoms with Gasteiger partial charge < -0.3 is 23.6 Å². The molecule has 0 bridgehead atoms. The highest BCUT2D eigenvalue weighted by atomic mass is 19.4. The second-order valence-corrected chi connectivity index (χ2v) is 3.36. The van der Waals surface area contributed by atoms with E-state index < -0.39 is 13.4 Å². The molecule has 0 amide bonds. The second-order valence-electron chi connectivity index (χ2n) is 3.36. The molecule has 0 aromatic heterocycles. The van der Waals surface area contributed by atoms with Crippen LogP contribution in [0.1, 0.15) is 6.42 Å². The lowest BCUT2D eigenvalue weighted by atomic mass is 9.91. The summed E-state index contributed by atoms with van der Waals surface area (Å²) in [7, 11) is 0. The highest BCUT2D eigenvalue weighted by Crippen LogP contribution is 2.18. The van der Waals surface area contributed by atoms with Gasteiger partial charge in [-0.3, -0.25) is 0 Å². The van der Waals surface area contributed by atoms with E-state index >= 15 is 0 Å². The Balaban J connectivity index is 2.28. The van der Waals surface area contributed by atoms with E-state index in [-0.39, 0.29) is 5.92 Å². The van der Waals surface area contributed by atoms with Gasteiger partial charge >= 0.3 is 6.98 Å². The average Bonchev–Trinajstić information content (AvgIpc) is 2.32. The molecule has 0 saturated carbocycles. The Morgan fingerprint density at radius 2 is 2.08 bits per heavy atom. The van der Waals surface area contributed by atoms with Gasteiger partial charge in [-0.2, -0.15) is 0 Å². The van der Waals surface area contributed by atoms with Crippen molar-refractivity contribution in [2.75, 3.05) is 26.1 Å². The van der Waals surface area contributed by atoms with Crippen molar-refractivity contribution in [2.24, 2.45) is 11.7 Å². The minimum absolute atomic E-state index is 0.267. The maximum Gasteiger partial charge on any atom is 0.492 e. The van der Waals surface area contributed by atoms with Crippen LogP contribution in [0.3, 0.4) is 0 Å². The number of likely N-dealkylation sites (tertiary alicyclic amines) is 1. The highest BCUT2D eigenvalue weighted by molar-refractivity contribution is 6.58. The summed E-state index contributed by atoms with van der Waals surface area (Å²) < 4.78 is 35.8. The lowest BCUT2D eigenvalue weighted by Crippen LogP contribution is -2.37. The minimum atomic E-state index is -4.66. The molecule has 2 N–H and O–H groups in total. The molecule has 0 spiro atoms. The van der Waals surface area contributed by atoms with Crippen LogP contribution in [0.5, 0.6) is 0 Å². The number of rotatable bonds is 3. The van der Waals surface area contributed by atoms with Gasteiger partial charge in [-0.15, -0.1) is 0 Å². The molecule has 1 aliphatic rings. The molecule has 1 fully saturated rings. The van der Waals surface area contributed by atoms with Crippen LogP contribution in [-0.4, -0.2) is 38.0 Å². The van der Waals surface area contributed by atoms with Gasteiger partial charge in [0.05, 0.1) is 0 Å². The molecule has 72 valence electrons. The molecule has 0 aliphatic carbocycles. The van der Waals surface area contributed by atoms with Crippen molar-refractivity contribution >= 4 is 6.98 Å². The SMILES string of the molecule is NCC1CCN(C[B-](F)(F)F)C1. The van der Waals surface area contributed by atoms with E-state index in [1.54, 1.807) is 0 Å². The molecule has 1 rings (SSSR count). The van der Waals surface area contributed by atoms with E-state index in [1.165, 1.54) is 4.90 Å². The summed E-state index contributed by atoms with van der Waals surface area (Å²) in [5, 5.41) is 0. The molecule has 1 heterocycles. The van der Waals surface area contributed by atoms with Crippen LogP contribution in [0.15, 0.2) is 0 Å². The minimum Gasteiger partial charge on any atom is -0.448 e. The molecule has 12 heavy (non-hydrogen) atoms. The molecule has 1 saturated heterocycles. The average molecular weight is 181 g/mol. The van der Waals surface area contributed by atoms with Crippen LogP contribution in [-0.2, 0) is 0 Å². The molecular weight excluding hydrogens is 168 g/mol. The zero-order valence-electron chi connectivity index (χ0n) is 6.85. The van der Waals surface area contributed by atoms with E-state index in [0.717, 1.165) is 6.42 Å². The number of hydrogen-bond acceptors (Lipinski definition) is 2. The van der Waals surface area contributed by atoms with Gasteiger partial charge in [0, 0.05) is 0 Å². The van der Waals surface area contributed by atoms with Crippen molar-refractivity contribution in [3.8, 4) is 0 Å². The molecule has 1 aliphatic heterocycles. The number of nitrogens with two attached hydrogens (primary N) is 1. The molecule has 0 radical (unpaired) electrons. The maximum atomic E-state index is 11.9. The number of nitrogens with zero attached hydrogens (tertiary/aromatic N) is 1. The fourth-order valence-electron chi connectivity index (χ4n) is 1.56. The van der Waals surface area contributed by atoms with Crippen LogP contribution < -0.4 is 5.73 Å². The third-order valence-corrected chi connectivity index (χ3v) is 2.17. The Morgan fingerprint density at radius 1 is 1.42 bits per heavy atom. The lowest BCUT2D eigenvalue weighted by Gasteiger charge is -2.22. The number of hydrogen-bond donors (Lipinski definition) is 1. The van der Waals surface area contributed by atoms with E-state index in [9.17, 15) is 12.9 Å². The molecule has 6 heteroatoms. The standard InChI is InChI=1S/C6H13BF3N2/c8-7(9,10)5-12-2-1-6(3-11)4-12/h6H,1-5,11H2/q-1. The van der Waals surface area contributed by atoms with Crippen molar-refractivity contribution in [1.82, 2.24) is 4.90 Å². The predicted molar refractivity (Wildman–Crippen MR) is 42.7 cm³/mol. The second kappa shape index (κ2) is 3.66. The summed E-state index contributed by atoms with van der Waals surface area (Å²) in [6, 6.07) is 0. The normalized spacial score (nSPS) is 26.5. The van der Waals surface area contributed by atoms with E-state index in [4.69, 9.17) is 5.73 Å². The van der Waals surface area contributed by atoms with Gasteiger partial charge in [-0.1, -0.05) is 0 Å². The summed E-state index contributed by atoms with van der Waals surface area (Å²) in [6.45, 7) is -3.10. The fourth-order valence-corrected chi connectivity index (χ4v) is 1.56. The molecule has 1 unspecified atom stereocenters. The summed E-state index contributed by atoms with van der Waals surface area (Å²) in [6.07, 6.45) is 0.0825. The lowest BCUT2D eigenvalue weighted by molar-refractivity contribution is 0.321. The molecule has 2 nitrogen and oxygen atoms in total. The van der Waals surface area contributed by atoms with Gasteiger partial charge in [0.25, 0.3) is 0 Å². The smallest absolute Gasteiger partial charge is 0.448 e. The highest BCUT2D eigenvalue weighted by Gasteiger charge is 2.30. The Hall–Kier alpha value is -0.225. The first-order chi connectivity index (χ1) is 5.51. The Labute approximate surface area is 70.0 Å². The topological polar surface area (TPSA) is 29.3 Å². The van der Waals surface area contributed by atoms with Gasteiger partial charge in [-0.05, 0) is 38.4 Å². The third kappa shape index (κ3) is 3.02. The van der Waals surface area contributed by atoms with Gasteiger partial charge in [-0.25, -0.2) is 0 Å². The van der Waals surface area contributed by atoms with E-state index in [2.05, 4.69) is 0 Å². The Kier molecular flexibility index (Phi) is 3.01. The van der Waals surface area contributed by atoms with Crippen LogP contribution in [0.25, 0.3) is 0 Å². The molecule has 1 atom stereocenters. The molecule has 0 aromatic rings. The van der Waals surface area contributed by atoms with Crippen molar-refractivity contribution in [2.45, 2.75) is 6.42 Å². The zero-order valence-corrected chi connectivity index (χ0v) is 6.85. The van der Waals surface area contributed by atoms with Gasteiger partial charge in [0.1, 0.15) is 0 Å². The first kappa shape index (κ1) is 9.86. The van der Waals surface area contributed by atoms with E-state index in [1.807, 2.05) is 0 Å². The van der Waals surface area contributed by atoms with Crippen LogP contribution in [0.4, 0.5) is 12.9 Å². The zero-order chi connectivity index (χ0) is 9.19. The van der Waals surface area contributed by atoms with Crippen LogP contribution in [0, 0.1) is 5.92 Å². The van der Waals surface area contributed by atoms with E-state index in [0.29, 0.717) is 19.6 Å². The summed E-state index contributed by atoms with van der Waals surface area (Å²) in [5.41, 5.74) is 5.36. The van der Waals surface area contributed by atoms with Crippen molar-refractivity contribution in [3.05, 3.63) is 0 Å². The van der Waals surface area contributed by atoms with Gasteiger partial charge in [0.2, 0.25) is 0 Å². The van der Waals surface area contributed by atoms with Crippen molar-refractivity contribution < 1.29 is 12.9 Å². The molecular formula is C6H13BF3N2-. The summed E-state index contributed by atoms with van der Waals surface area (Å²) in [4.78, 5) is 1.44. The first-order valence-corrected chi connectivity index (χ1v) is 4.14. The predicted octanol–water partition coefficient (Wildman–Crippen LogP) is 0.654. The Bertz CT molecular complexity index is 150. The largest absolute Gasteiger partial charge is 0.492 e. The molecule has 0 aromatic carbocycles. The van der Waals surface area contributed by atoms with Crippen LogP contribution >= 0.6 is 0 Å². The fraction of sp³-hybridized carbons (Fsp3) is 1.00. The van der Waals surface area contributed by atoms with Crippen LogP contribution in [0.2, 0.25) is 0 Å². The van der Waals surface area contributed by atoms with Crippen molar-refractivity contribution in [1.29, 1.82) is 0 Å². The quantitative estimate of drug-likeness (QED) is 0.647. The first-order valence-electron chi connectivity index (χ1n) is 4.14. The summed E-state index contributed by atoms with van der Waals surface area (Å²) in [5.74, 6) is 0.267. The summed E-state index contributed by atoms with van der Waals surface area (Å²) >= 11 is 0. The van der Waals surface area contributed by atoms with Crippen molar-refractivity contribution in [3.63, 3.8) is 0 Å². The maximum absolute atomic E-state index is 11.9. The third-order valence-electron chi connectivity index (χ3n) is 2.17. The Morgan fingerprint density at radius 3 is 2.50 bits per heavy atom. The van der Waals surface area contributed by atoms with Gasteiger partial charge in [0.15, 0.2) is 0 Å².